The van der Waals surface area contributed by atoms with Crippen LogP contribution < -0.4 is 15.0 Å². The molecular weight excluding hydrogens is 407 g/mol. The van der Waals surface area contributed by atoms with E-state index < -0.39 is 0 Å². The molecule has 2 bridgehead atoms. The lowest BCUT2D eigenvalue weighted by atomic mass is 9.37. The third-order valence-corrected chi connectivity index (χ3v) is 7.10. The Balaban J connectivity index is 1.03. The lowest BCUT2D eigenvalue weighted by Crippen LogP contribution is -2.75. The molecule has 2 aromatic rings. The predicted molar refractivity (Wildman–Crippen MR) is 116 cm³/mol. The summed E-state index contributed by atoms with van der Waals surface area (Å²) in [6.07, 6.45) is 4.62. The van der Waals surface area contributed by atoms with Gasteiger partial charge in [-0.3, -0.25) is 4.79 Å². The number of nitrogens with zero attached hydrogens (tertiary/aromatic N) is 1. The Labute approximate surface area is 181 Å². The van der Waals surface area contributed by atoms with Gasteiger partial charge in [-0.25, -0.2) is 0 Å². The highest BCUT2D eigenvalue weighted by atomic mass is 35.5. The van der Waals surface area contributed by atoms with Crippen molar-refractivity contribution in [1.82, 2.24) is 5.32 Å². The van der Waals surface area contributed by atoms with E-state index in [1.807, 2.05) is 12.1 Å². The molecule has 4 nitrogen and oxygen atoms in total. The third kappa shape index (κ3) is 3.80. The van der Waals surface area contributed by atoms with Gasteiger partial charge in [0.15, 0.2) is 6.61 Å². The fourth-order valence-corrected chi connectivity index (χ4v) is 5.78. The summed E-state index contributed by atoms with van der Waals surface area (Å²) in [5.74, 6) is 1.38. The predicted octanol–water partition coefficient (Wildman–Crippen LogP) is 4.94. The molecule has 0 atom stereocenters. The number of rotatable bonds is 7. The monoisotopic (exact) mass is 430 g/mol. The molecular formula is C23H24Cl2N2O2. The molecule has 3 aliphatic carbocycles. The zero-order valence-electron chi connectivity index (χ0n) is 16.2. The van der Waals surface area contributed by atoms with Crippen LogP contribution in [-0.4, -0.2) is 31.1 Å². The molecule has 0 radical (unpaired) electrons. The zero-order valence-corrected chi connectivity index (χ0v) is 17.7. The van der Waals surface area contributed by atoms with Crippen LogP contribution in [-0.2, 0) is 4.79 Å². The number of carbonyl (C=O) groups excluding carboxylic acids is 1. The second-order valence-electron chi connectivity index (χ2n) is 9.05. The molecule has 1 N–H and O–H groups in total. The molecule has 1 saturated heterocycles. The van der Waals surface area contributed by atoms with E-state index in [1.165, 1.54) is 12.1 Å². The van der Waals surface area contributed by atoms with Crippen LogP contribution in [0.5, 0.6) is 5.75 Å². The number of benzene rings is 2. The molecule has 1 heterocycles. The zero-order chi connectivity index (χ0) is 20.1. The third-order valence-electron chi connectivity index (χ3n) is 6.60. The Bertz CT molecular complexity index is 888. The van der Waals surface area contributed by atoms with Gasteiger partial charge >= 0.3 is 0 Å². The topological polar surface area (TPSA) is 41.6 Å². The maximum atomic E-state index is 12.3. The van der Waals surface area contributed by atoms with E-state index in [0.717, 1.165) is 43.3 Å². The van der Waals surface area contributed by atoms with Gasteiger partial charge in [0, 0.05) is 34.4 Å². The molecule has 0 unspecified atom stereocenters. The molecule has 4 fully saturated rings. The Kier molecular flexibility index (Phi) is 4.67. The number of nitrogens with one attached hydrogen (secondary N) is 1. The van der Waals surface area contributed by atoms with E-state index in [-0.39, 0.29) is 18.1 Å². The van der Waals surface area contributed by atoms with E-state index in [2.05, 4.69) is 22.3 Å². The number of ether oxygens (including phenoxy) is 1. The van der Waals surface area contributed by atoms with Gasteiger partial charge < -0.3 is 15.0 Å². The van der Waals surface area contributed by atoms with E-state index in [4.69, 9.17) is 27.9 Å². The van der Waals surface area contributed by atoms with Gasteiger partial charge in [-0.15, -0.1) is 0 Å². The average Bonchev–Trinajstić information content (AvgIpc) is 2.61. The van der Waals surface area contributed by atoms with E-state index >= 15 is 0 Å². The van der Waals surface area contributed by atoms with Crippen molar-refractivity contribution < 1.29 is 9.53 Å². The minimum Gasteiger partial charge on any atom is -0.484 e. The summed E-state index contributed by atoms with van der Waals surface area (Å²) >= 11 is 11.8. The van der Waals surface area contributed by atoms with Crippen molar-refractivity contribution >= 4 is 34.8 Å². The molecule has 1 amide bonds. The van der Waals surface area contributed by atoms with Crippen LogP contribution in [0.1, 0.15) is 25.7 Å². The highest BCUT2D eigenvalue weighted by Crippen LogP contribution is 2.70. The van der Waals surface area contributed by atoms with Gasteiger partial charge in [0.2, 0.25) is 0 Å². The van der Waals surface area contributed by atoms with E-state index in [0.29, 0.717) is 16.2 Å². The molecule has 0 spiro atoms. The summed E-state index contributed by atoms with van der Waals surface area (Å²) in [7, 11) is 0. The number of carbonyl (C=O) groups is 1. The minimum absolute atomic E-state index is 0.0278. The van der Waals surface area contributed by atoms with Crippen LogP contribution in [0.25, 0.3) is 0 Å². The first kappa shape index (κ1) is 19.1. The van der Waals surface area contributed by atoms with Crippen molar-refractivity contribution in [1.29, 1.82) is 0 Å². The minimum atomic E-state index is -0.0363. The van der Waals surface area contributed by atoms with E-state index in [9.17, 15) is 4.79 Å². The van der Waals surface area contributed by atoms with Crippen LogP contribution >= 0.6 is 23.2 Å². The Morgan fingerprint density at radius 1 is 1.00 bits per heavy atom. The fourth-order valence-electron chi connectivity index (χ4n) is 5.53. The Hall–Kier alpha value is -1.91. The van der Waals surface area contributed by atoms with Crippen LogP contribution in [0, 0.1) is 11.3 Å². The normalized spacial score (nSPS) is 27.4. The summed E-state index contributed by atoms with van der Waals surface area (Å²) in [4.78, 5) is 14.7. The van der Waals surface area contributed by atoms with Crippen LogP contribution in [0.3, 0.4) is 0 Å². The second kappa shape index (κ2) is 7.10. The maximum absolute atomic E-state index is 12.3. The first-order chi connectivity index (χ1) is 13.9. The maximum Gasteiger partial charge on any atom is 0.258 e. The van der Waals surface area contributed by atoms with Crippen molar-refractivity contribution in [3.63, 3.8) is 0 Å². The summed E-state index contributed by atoms with van der Waals surface area (Å²) < 4.78 is 5.55. The van der Waals surface area contributed by atoms with Crippen molar-refractivity contribution in [3.8, 4) is 5.75 Å². The van der Waals surface area contributed by atoms with Gasteiger partial charge in [-0.2, -0.15) is 0 Å². The molecule has 2 aromatic carbocycles. The number of amides is 1. The standard InChI is InChI=1S/C23H24Cl2N2O2/c24-17-1-5-19(6-2-17)27-10-16(11-27)9-22-13-23(14-22,15-22)26-21(28)12-29-20-7-3-18(25)4-8-20/h1-8,16H,9-15H2,(H,26,28). The number of hydrogen-bond donors (Lipinski definition) is 1. The van der Waals surface area contributed by atoms with Gasteiger partial charge in [0.1, 0.15) is 5.75 Å². The van der Waals surface area contributed by atoms with Crippen LogP contribution in [0.2, 0.25) is 10.0 Å². The summed E-state index contributed by atoms with van der Waals surface area (Å²) in [5.41, 5.74) is 1.74. The molecule has 6 rings (SSSR count). The van der Waals surface area contributed by atoms with Gasteiger partial charge in [0.25, 0.3) is 5.91 Å². The van der Waals surface area contributed by atoms with Crippen molar-refractivity contribution in [3.05, 3.63) is 58.6 Å². The van der Waals surface area contributed by atoms with E-state index in [1.54, 1.807) is 24.3 Å². The number of halogens is 2. The largest absolute Gasteiger partial charge is 0.484 e. The SMILES string of the molecule is O=C(COc1ccc(Cl)cc1)NC12CC(CC3CN(c4ccc(Cl)cc4)C3)(C1)C2. The average molecular weight is 431 g/mol. The lowest BCUT2D eigenvalue weighted by molar-refractivity contribution is -0.175. The first-order valence-corrected chi connectivity index (χ1v) is 10.9. The molecule has 152 valence electrons. The molecule has 29 heavy (non-hydrogen) atoms. The second-order valence-corrected chi connectivity index (χ2v) is 9.93. The highest BCUT2D eigenvalue weighted by molar-refractivity contribution is 6.30. The van der Waals surface area contributed by atoms with Crippen LogP contribution in [0.4, 0.5) is 5.69 Å². The Morgan fingerprint density at radius 3 is 2.21 bits per heavy atom. The quantitative estimate of drug-likeness (QED) is 0.676. The van der Waals surface area contributed by atoms with Crippen molar-refractivity contribution in [2.45, 2.75) is 31.2 Å². The Morgan fingerprint density at radius 2 is 1.59 bits per heavy atom. The molecule has 6 heteroatoms. The number of hydrogen-bond acceptors (Lipinski definition) is 3. The molecule has 1 aliphatic heterocycles. The summed E-state index contributed by atoms with van der Waals surface area (Å²) in [6.45, 7) is 2.30. The van der Waals surface area contributed by atoms with Gasteiger partial charge in [-0.1, -0.05) is 23.2 Å². The van der Waals surface area contributed by atoms with Crippen molar-refractivity contribution in [2.24, 2.45) is 11.3 Å². The highest BCUT2D eigenvalue weighted by Gasteiger charge is 2.68. The molecule has 0 aromatic heterocycles. The van der Waals surface area contributed by atoms with Gasteiger partial charge in [0.05, 0.1) is 0 Å². The molecule has 4 aliphatic rings. The number of anilines is 1. The lowest BCUT2D eigenvalue weighted by Gasteiger charge is -2.72. The molecule has 3 saturated carbocycles. The smallest absolute Gasteiger partial charge is 0.258 e. The summed E-state index contributed by atoms with van der Waals surface area (Å²) in [5, 5.41) is 4.64. The van der Waals surface area contributed by atoms with Crippen molar-refractivity contribution in [2.75, 3.05) is 24.6 Å². The first-order valence-electron chi connectivity index (χ1n) is 10.1. The fraction of sp³-hybridized carbons (Fsp3) is 0.435. The van der Waals surface area contributed by atoms with Gasteiger partial charge in [-0.05, 0) is 85.5 Å². The van der Waals surface area contributed by atoms with Crippen LogP contribution in [0.15, 0.2) is 48.5 Å². The summed E-state index contributed by atoms with van der Waals surface area (Å²) in [6, 6.07) is 15.2.